The summed E-state index contributed by atoms with van der Waals surface area (Å²) in [5.74, 6) is -4.94. The second-order valence-electron chi connectivity index (χ2n) is 3.16. The molecule has 0 spiro atoms. The fourth-order valence-corrected chi connectivity index (χ4v) is 3.10. The Morgan fingerprint density at radius 3 is 2.58 bits per heavy atom. The summed E-state index contributed by atoms with van der Waals surface area (Å²) in [6.45, 7) is -9.75. The van der Waals surface area contributed by atoms with Crippen LogP contribution in [0.3, 0.4) is 0 Å². The fourth-order valence-electron chi connectivity index (χ4n) is 1.10. The summed E-state index contributed by atoms with van der Waals surface area (Å²) in [6.07, 6.45) is 0. The van der Waals surface area contributed by atoms with Gasteiger partial charge in [0.15, 0.2) is 0 Å². The second-order valence-corrected chi connectivity index (χ2v) is 6.10. The SMILES string of the molecule is [2H]C([2H])([2H])c1cc(OP(=S)(OCC)OCC)nc(C([2H])(C([2H])([2H])[2H])C([2H])([2H])[2H])n1. The van der Waals surface area contributed by atoms with Crippen LogP contribution in [0, 0.1) is 6.85 Å². The van der Waals surface area contributed by atoms with E-state index in [1.165, 1.54) is 0 Å². The van der Waals surface area contributed by atoms with Crippen molar-refractivity contribution in [3.63, 3.8) is 0 Å². The third-order valence-corrected chi connectivity index (χ3v) is 4.12. The minimum Gasteiger partial charge on any atom is -0.406 e. The molecule has 0 saturated carbocycles. The Balaban J connectivity index is 3.74. The molecule has 0 aromatic carbocycles. The summed E-state index contributed by atoms with van der Waals surface area (Å²) in [5.41, 5.74) is -0.711. The molecule has 108 valence electrons. The number of aromatic nitrogens is 2. The normalized spacial score (nSPS) is 22.2. The number of aryl methyl sites for hydroxylation is 1. The van der Waals surface area contributed by atoms with Crippen LogP contribution in [0.4, 0.5) is 0 Å². The molecule has 19 heavy (non-hydrogen) atoms. The number of hydrogen-bond donors (Lipinski definition) is 0. The molecule has 0 aliphatic carbocycles. The molecule has 7 heteroatoms. The molecule has 0 N–H and O–H groups in total. The van der Waals surface area contributed by atoms with Crippen molar-refractivity contribution in [2.45, 2.75) is 40.3 Å². The lowest BCUT2D eigenvalue weighted by Crippen LogP contribution is -2.06. The molecule has 1 heterocycles. The molecule has 0 unspecified atom stereocenters. The zero-order valence-electron chi connectivity index (χ0n) is 20.5. The van der Waals surface area contributed by atoms with Gasteiger partial charge in [-0.15, -0.1) is 0 Å². The van der Waals surface area contributed by atoms with Crippen LogP contribution in [0.5, 0.6) is 5.88 Å². The van der Waals surface area contributed by atoms with Gasteiger partial charge in [0.25, 0.3) is 0 Å². The highest BCUT2D eigenvalue weighted by Gasteiger charge is 2.22. The van der Waals surface area contributed by atoms with Crippen molar-refractivity contribution in [3.8, 4) is 5.88 Å². The zero-order chi connectivity index (χ0) is 22.9. The lowest BCUT2D eigenvalue weighted by atomic mass is 10.2. The first kappa shape index (κ1) is 6.94. The van der Waals surface area contributed by atoms with E-state index in [2.05, 4.69) is 9.97 Å². The van der Waals surface area contributed by atoms with E-state index >= 15 is 0 Å². The molecule has 0 amide bonds. The summed E-state index contributed by atoms with van der Waals surface area (Å²) >= 11 is 5.18. The van der Waals surface area contributed by atoms with Gasteiger partial charge in [0.2, 0.25) is 5.88 Å². The predicted octanol–water partition coefficient (Wildman–Crippen LogP) is 3.58. The van der Waals surface area contributed by atoms with Crippen LogP contribution < -0.4 is 4.52 Å². The highest BCUT2D eigenvalue weighted by molar-refractivity contribution is 8.07. The van der Waals surface area contributed by atoms with Gasteiger partial charge in [-0.3, -0.25) is 9.05 Å². The topological polar surface area (TPSA) is 53.5 Å². The smallest absolute Gasteiger partial charge is 0.381 e. The van der Waals surface area contributed by atoms with Gasteiger partial charge >= 0.3 is 6.72 Å². The molecule has 0 radical (unpaired) electrons. The Labute approximate surface area is 134 Å². The van der Waals surface area contributed by atoms with Gasteiger partial charge in [0, 0.05) is 43.2 Å². The second kappa shape index (κ2) is 7.29. The molecule has 0 bridgehead atoms. The van der Waals surface area contributed by atoms with Crippen LogP contribution in [0.1, 0.15) is 58.7 Å². The number of rotatable bonds is 7. The number of hydrogen-bond acceptors (Lipinski definition) is 6. The first-order valence-corrected chi connectivity index (χ1v) is 7.95. The summed E-state index contributed by atoms with van der Waals surface area (Å²) < 4.78 is 92.1. The standard InChI is InChI=1S/C12H21N2O3PS/c1-6-15-18(19,16-7-2)17-11-8-10(5)13-12(14-11)9(3)4/h8-9H,6-7H2,1-5H3/i3D3,4D3,5D3,9D. The van der Waals surface area contributed by atoms with Crippen molar-refractivity contribution in [3.05, 3.63) is 17.6 Å². The third-order valence-electron chi connectivity index (χ3n) is 1.71. The van der Waals surface area contributed by atoms with Crippen LogP contribution in [0.2, 0.25) is 0 Å². The van der Waals surface area contributed by atoms with Crippen molar-refractivity contribution in [2.75, 3.05) is 13.2 Å². The van der Waals surface area contributed by atoms with E-state index in [-0.39, 0.29) is 13.2 Å². The van der Waals surface area contributed by atoms with Crippen molar-refractivity contribution >= 4 is 18.5 Å². The first-order chi connectivity index (χ1) is 12.9. The summed E-state index contributed by atoms with van der Waals surface area (Å²) in [4.78, 5) is 7.28. The van der Waals surface area contributed by atoms with Crippen molar-refractivity contribution in [1.29, 1.82) is 0 Å². The molecule has 1 aromatic rings. The lowest BCUT2D eigenvalue weighted by Gasteiger charge is -2.20. The molecular weight excluding hydrogens is 283 g/mol. The molecule has 0 fully saturated rings. The zero-order valence-corrected chi connectivity index (χ0v) is 12.2. The Hall–Kier alpha value is -0.550. The molecule has 0 saturated heterocycles. The molecular formula is C12H21N2O3PS. The summed E-state index contributed by atoms with van der Waals surface area (Å²) in [6, 6.07) is 0.856. The van der Waals surface area contributed by atoms with Gasteiger partial charge in [-0.05, 0) is 20.7 Å². The maximum atomic E-state index is 8.19. The van der Waals surface area contributed by atoms with E-state index in [9.17, 15) is 0 Å². The highest BCUT2D eigenvalue weighted by Crippen LogP contribution is 2.49. The average molecular weight is 314 g/mol. The summed E-state index contributed by atoms with van der Waals surface area (Å²) in [7, 11) is 0. The quantitative estimate of drug-likeness (QED) is 0.717. The average Bonchev–Trinajstić information content (AvgIpc) is 2.50. The van der Waals surface area contributed by atoms with Crippen LogP contribution >= 0.6 is 6.72 Å². The van der Waals surface area contributed by atoms with Crippen molar-refractivity contribution in [1.82, 2.24) is 9.97 Å². The Morgan fingerprint density at radius 2 is 2.05 bits per heavy atom. The maximum Gasteiger partial charge on any atom is 0.381 e. The van der Waals surface area contributed by atoms with Crippen molar-refractivity contribution in [2.24, 2.45) is 0 Å². The van der Waals surface area contributed by atoms with E-state index in [0.717, 1.165) is 6.07 Å². The van der Waals surface area contributed by atoms with Gasteiger partial charge in [-0.2, -0.15) is 4.98 Å². The van der Waals surface area contributed by atoms with E-state index in [1.54, 1.807) is 13.8 Å². The van der Waals surface area contributed by atoms with Gasteiger partial charge in [0.05, 0.1) is 13.2 Å². The third kappa shape index (κ3) is 5.15. The minimum atomic E-state index is -3.45. The molecule has 0 atom stereocenters. The summed E-state index contributed by atoms with van der Waals surface area (Å²) in [5, 5.41) is 0. The van der Waals surface area contributed by atoms with Crippen LogP contribution in [-0.2, 0) is 20.9 Å². The molecule has 0 aliphatic rings. The van der Waals surface area contributed by atoms with E-state index in [4.69, 9.17) is 39.1 Å². The fraction of sp³-hybridized carbons (Fsp3) is 0.667. The van der Waals surface area contributed by atoms with E-state index in [1.807, 2.05) is 0 Å². The minimum absolute atomic E-state index is 0.0915. The highest BCUT2D eigenvalue weighted by atomic mass is 32.5. The lowest BCUT2D eigenvalue weighted by molar-refractivity contribution is 0.215. The first-order valence-electron chi connectivity index (χ1n) is 10.4. The van der Waals surface area contributed by atoms with E-state index < -0.39 is 50.6 Å². The van der Waals surface area contributed by atoms with Gasteiger partial charge in [0.1, 0.15) is 5.82 Å². The van der Waals surface area contributed by atoms with Crippen LogP contribution in [0.15, 0.2) is 6.07 Å². The molecule has 1 rings (SSSR count). The van der Waals surface area contributed by atoms with E-state index in [0.29, 0.717) is 0 Å². The van der Waals surface area contributed by atoms with Gasteiger partial charge < -0.3 is 4.52 Å². The Bertz CT molecular complexity index is 744. The molecule has 0 aliphatic heterocycles. The van der Waals surface area contributed by atoms with Crippen molar-refractivity contribution < 1.29 is 27.3 Å². The predicted molar refractivity (Wildman–Crippen MR) is 79.0 cm³/mol. The van der Waals surface area contributed by atoms with Gasteiger partial charge in [-0.1, -0.05) is 13.7 Å². The molecule has 1 aromatic heterocycles. The Kier molecular flexibility index (Phi) is 2.66. The van der Waals surface area contributed by atoms with Crippen LogP contribution in [0.25, 0.3) is 0 Å². The molecule has 5 nitrogen and oxygen atoms in total. The van der Waals surface area contributed by atoms with Crippen LogP contribution in [-0.4, -0.2) is 23.2 Å². The van der Waals surface area contributed by atoms with Gasteiger partial charge in [-0.25, -0.2) is 4.98 Å². The monoisotopic (exact) mass is 314 g/mol. The Morgan fingerprint density at radius 1 is 1.37 bits per heavy atom. The largest absolute Gasteiger partial charge is 0.406 e. The number of nitrogens with zero attached hydrogens (tertiary/aromatic N) is 2. The maximum absolute atomic E-state index is 8.19.